The van der Waals surface area contributed by atoms with E-state index in [0.717, 1.165) is 33.3 Å². The van der Waals surface area contributed by atoms with Crippen LogP contribution in [0, 0.1) is 0 Å². The van der Waals surface area contributed by atoms with Crippen LogP contribution in [0.5, 0.6) is 0 Å². The van der Waals surface area contributed by atoms with E-state index in [0.29, 0.717) is 0 Å². The monoisotopic (exact) mass is 617 g/mol. The Kier molecular flexibility index (Phi) is 5.78. The predicted molar refractivity (Wildman–Crippen MR) is 202 cm³/mol. The molecule has 0 amide bonds. The minimum absolute atomic E-state index is 0.912. The second-order valence-corrected chi connectivity index (χ2v) is 13.1. The van der Waals surface area contributed by atoms with Gasteiger partial charge in [0.25, 0.3) is 0 Å². The first-order valence-corrected chi connectivity index (χ1v) is 16.7. The van der Waals surface area contributed by atoms with Gasteiger partial charge in [0.15, 0.2) is 0 Å². The van der Waals surface area contributed by atoms with Gasteiger partial charge in [-0.15, -0.1) is 11.3 Å². The summed E-state index contributed by atoms with van der Waals surface area (Å²) < 4.78 is 8.75. The number of thiophene rings is 1. The summed E-state index contributed by atoms with van der Waals surface area (Å²) in [5.74, 6) is 0. The van der Waals surface area contributed by atoms with Crippen molar-refractivity contribution in [1.82, 2.24) is 0 Å². The first kappa shape index (κ1) is 26.3. The van der Waals surface area contributed by atoms with Crippen LogP contribution in [0.3, 0.4) is 0 Å². The fourth-order valence-electron chi connectivity index (χ4n) is 7.32. The molecule has 0 radical (unpaired) electrons. The van der Waals surface area contributed by atoms with E-state index in [-0.39, 0.29) is 0 Å². The molecule has 0 fully saturated rings. The third-order valence-electron chi connectivity index (χ3n) is 9.46. The molecule has 10 rings (SSSR count). The van der Waals surface area contributed by atoms with E-state index < -0.39 is 0 Å². The van der Waals surface area contributed by atoms with Gasteiger partial charge < -0.3 is 9.32 Å². The Morgan fingerprint density at radius 2 is 1.04 bits per heavy atom. The standard InChI is InChI=1S/C44H27NOS/c1-2-13-31-28(11-1)12-9-19-38(31)45(40-20-10-18-36-35-17-6-8-22-43(35)47-44(36)40)39-25-24-30(32-14-3-4-15-33(32)39)29-23-26-42-37(27-29)34-16-5-7-21-41(34)46-42/h1-27H. The molecular weight excluding hydrogens is 591 g/mol. The number of fused-ring (bicyclic) bond motifs is 8. The summed E-state index contributed by atoms with van der Waals surface area (Å²) in [5, 5.41) is 9.73. The van der Waals surface area contributed by atoms with Gasteiger partial charge in [0.05, 0.1) is 21.8 Å². The average Bonchev–Trinajstić information content (AvgIpc) is 3.70. The summed E-state index contributed by atoms with van der Waals surface area (Å²) >= 11 is 1.87. The molecule has 0 aliphatic rings. The summed E-state index contributed by atoms with van der Waals surface area (Å²) in [4.78, 5) is 2.49. The van der Waals surface area contributed by atoms with Crippen LogP contribution in [0.2, 0.25) is 0 Å². The zero-order chi connectivity index (χ0) is 30.9. The van der Waals surface area contributed by atoms with E-state index in [1.807, 2.05) is 23.5 Å². The van der Waals surface area contributed by atoms with E-state index in [9.17, 15) is 0 Å². The van der Waals surface area contributed by atoms with Gasteiger partial charge in [-0.3, -0.25) is 0 Å². The van der Waals surface area contributed by atoms with Crippen molar-refractivity contribution in [1.29, 1.82) is 0 Å². The van der Waals surface area contributed by atoms with Crippen LogP contribution in [0.4, 0.5) is 17.1 Å². The Bertz CT molecular complexity index is 2820. The largest absolute Gasteiger partial charge is 0.456 e. The number of rotatable bonds is 4. The van der Waals surface area contributed by atoms with Crippen LogP contribution < -0.4 is 4.90 Å². The topological polar surface area (TPSA) is 16.4 Å². The highest BCUT2D eigenvalue weighted by molar-refractivity contribution is 7.26. The highest BCUT2D eigenvalue weighted by Gasteiger charge is 2.22. The number of hydrogen-bond donors (Lipinski definition) is 0. The molecule has 220 valence electrons. The summed E-state index contributed by atoms with van der Waals surface area (Å²) in [6, 6.07) is 59.1. The zero-order valence-electron chi connectivity index (χ0n) is 25.4. The van der Waals surface area contributed by atoms with E-state index >= 15 is 0 Å². The first-order chi connectivity index (χ1) is 23.3. The SMILES string of the molecule is c1ccc2c(N(c3ccc(-c4ccc5oc6ccccc6c5c4)c4ccccc34)c3cccc4c3sc3ccccc34)cccc2c1. The maximum absolute atomic E-state index is 6.17. The molecule has 0 bridgehead atoms. The molecule has 47 heavy (non-hydrogen) atoms. The zero-order valence-corrected chi connectivity index (χ0v) is 26.2. The molecule has 0 aliphatic heterocycles. The smallest absolute Gasteiger partial charge is 0.135 e. The molecule has 2 heterocycles. The normalized spacial score (nSPS) is 11.8. The molecule has 0 spiro atoms. The number of anilines is 3. The Hall–Kier alpha value is -5.90. The molecule has 0 aliphatic carbocycles. The van der Waals surface area contributed by atoms with Crippen molar-refractivity contribution in [2.45, 2.75) is 0 Å². The fraction of sp³-hybridized carbons (Fsp3) is 0. The molecule has 0 saturated heterocycles. The molecule has 0 saturated carbocycles. The van der Waals surface area contributed by atoms with Crippen LogP contribution in [-0.4, -0.2) is 0 Å². The molecule has 2 aromatic heterocycles. The Balaban J connectivity index is 1.26. The van der Waals surface area contributed by atoms with Gasteiger partial charge in [-0.25, -0.2) is 0 Å². The minimum atomic E-state index is 0.912. The van der Waals surface area contributed by atoms with Gasteiger partial charge in [0.1, 0.15) is 11.2 Å². The summed E-state index contributed by atoms with van der Waals surface area (Å²) in [5.41, 5.74) is 7.71. The van der Waals surface area contributed by atoms with Gasteiger partial charge >= 0.3 is 0 Å². The second kappa shape index (κ2) is 10.3. The number of para-hydroxylation sites is 1. The Labute approximate surface area is 275 Å². The van der Waals surface area contributed by atoms with Crippen LogP contribution in [-0.2, 0) is 0 Å². The molecule has 0 N–H and O–H groups in total. The summed E-state index contributed by atoms with van der Waals surface area (Å²) in [6.07, 6.45) is 0. The van der Waals surface area contributed by atoms with Gasteiger partial charge in [0.2, 0.25) is 0 Å². The molecule has 8 aromatic carbocycles. The highest BCUT2D eigenvalue weighted by Crippen LogP contribution is 2.49. The molecule has 0 unspecified atom stereocenters. The van der Waals surface area contributed by atoms with Crippen molar-refractivity contribution in [3.63, 3.8) is 0 Å². The number of hydrogen-bond acceptors (Lipinski definition) is 3. The average molecular weight is 618 g/mol. The van der Waals surface area contributed by atoms with Crippen molar-refractivity contribution >= 4 is 92.1 Å². The van der Waals surface area contributed by atoms with Crippen LogP contribution in [0.25, 0.3) is 74.8 Å². The number of furan rings is 1. The van der Waals surface area contributed by atoms with Crippen molar-refractivity contribution < 1.29 is 4.42 Å². The minimum Gasteiger partial charge on any atom is -0.456 e. The number of nitrogens with zero attached hydrogens (tertiary/aromatic N) is 1. The van der Waals surface area contributed by atoms with Crippen LogP contribution >= 0.6 is 11.3 Å². The van der Waals surface area contributed by atoms with Crippen molar-refractivity contribution in [2.24, 2.45) is 0 Å². The summed E-state index contributed by atoms with van der Waals surface area (Å²) in [7, 11) is 0. The van der Waals surface area contributed by atoms with E-state index in [1.165, 1.54) is 58.5 Å². The molecule has 10 aromatic rings. The van der Waals surface area contributed by atoms with E-state index in [4.69, 9.17) is 4.42 Å². The van der Waals surface area contributed by atoms with Crippen molar-refractivity contribution in [3.05, 3.63) is 164 Å². The maximum atomic E-state index is 6.17. The van der Waals surface area contributed by atoms with Crippen LogP contribution in [0.1, 0.15) is 0 Å². The van der Waals surface area contributed by atoms with Crippen molar-refractivity contribution in [3.8, 4) is 11.1 Å². The Morgan fingerprint density at radius 3 is 1.96 bits per heavy atom. The Morgan fingerprint density at radius 1 is 0.404 bits per heavy atom. The molecule has 2 nitrogen and oxygen atoms in total. The third kappa shape index (κ3) is 4.04. The maximum Gasteiger partial charge on any atom is 0.135 e. The van der Waals surface area contributed by atoms with Gasteiger partial charge in [-0.05, 0) is 64.4 Å². The van der Waals surface area contributed by atoms with Crippen LogP contribution in [0.15, 0.2) is 168 Å². The van der Waals surface area contributed by atoms with E-state index in [1.54, 1.807) is 0 Å². The van der Waals surface area contributed by atoms with E-state index in [2.05, 4.69) is 157 Å². The lowest BCUT2D eigenvalue weighted by atomic mass is 9.95. The van der Waals surface area contributed by atoms with Gasteiger partial charge in [-0.1, -0.05) is 121 Å². The lowest BCUT2D eigenvalue weighted by Crippen LogP contribution is -2.11. The lowest BCUT2D eigenvalue weighted by Gasteiger charge is -2.29. The fourth-order valence-corrected chi connectivity index (χ4v) is 8.53. The third-order valence-corrected chi connectivity index (χ3v) is 10.7. The van der Waals surface area contributed by atoms with Gasteiger partial charge in [-0.2, -0.15) is 0 Å². The molecule has 3 heteroatoms. The molecule has 0 atom stereocenters. The highest BCUT2D eigenvalue weighted by atomic mass is 32.1. The predicted octanol–water partition coefficient (Wildman–Crippen LogP) is 13.4. The summed E-state index contributed by atoms with van der Waals surface area (Å²) in [6.45, 7) is 0. The number of benzene rings is 8. The molecular formula is C44H27NOS. The van der Waals surface area contributed by atoms with Gasteiger partial charge in [0, 0.05) is 37.0 Å². The lowest BCUT2D eigenvalue weighted by molar-refractivity contribution is 0.669. The second-order valence-electron chi connectivity index (χ2n) is 12.1. The first-order valence-electron chi connectivity index (χ1n) is 15.9. The quantitative estimate of drug-likeness (QED) is 0.195. The van der Waals surface area contributed by atoms with Crippen molar-refractivity contribution in [2.75, 3.05) is 4.90 Å².